The summed E-state index contributed by atoms with van der Waals surface area (Å²) in [5.41, 5.74) is 7.77. The highest BCUT2D eigenvalue weighted by Crippen LogP contribution is 2.67. The summed E-state index contributed by atoms with van der Waals surface area (Å²) in [5.74, 6) is 0.622. The average Bonchev–Trinajstić information content (AvgIpc) is 2.48. The van der Waals surface area contributed by atoms with Crippen LogP contribution in [0.15, 0.2) is 10.2 Å². The molecule has 0 unspecified atom stereocenters. The van der Waals surface area contributed by atoms with E-state index in [0.717, 1.165) is 0 Å². The van der Waals surface area contributed by atoms with E-state index in [4.69, 9.17) is 5.73 Å². The molecule has 0 aromatic rings. The summed E-state index contributed by atoms with van der Waals surface area (Å²) in [6.45, 7) is 7.15. The van der Waals surface area contributed by atoms with Crippen LogP contribution in [0.3, 0.4) is 0 Å². The Balaban J connectivity index is 2.12. The molecule has 2 bridgehead atoms. The van der Waals surface area contributed by atoms with Crippen LogP contribution in [0.1, 0.15) is 33.6 Å². The normalized spacial score (nSPS) is 46.1. The summed E-state index contributed by atoms with van der Waals surface area (Å²) in [5, 5.41) is 9.50. The molecule has 0 aromatic heterocycles. The molecule has 3 atom stereocenters. The second-order valence-corrected chi connectivity index (χ2v) is 6.82. The fraction of sp³-hybridized carbons (Fsp3) is 0.818. The monoisotopic (exact) mass is 223 g/mol. The average molecular weight is 223 g/mol. The minimum Gasteiger partial charge on any atom is -0.377 e. The molecule has 82 valence electrons. The van der Waals surface area contributed by atoms with Crippen LogP contribution in [0, 0.1) is 16.7 Å². The minimum atomic E-state index is 0.349. The van der Waals surface area contributed by atoms with Crippen molar-refractivity contribution in [1.29, 1.82) is 0 Å². The zero-order valence-electron chi connectivity index (χ0n) is 9.45. The predicted molar refractivity (Wildman–Crippen MR) is 65.0 cm³/mol. The van der Waals surface area contributed by atoms with E-state index in [1.165, 1.54) is 18.6 Å². The van der Waals surface area contributed by atoms with Gasteiger partial charge in [0.15, 0.2) is 5.17 Å². The van der Waals surface area contributed by atoms with Crippen molar-refractivity contribution in [2.24, 2.45) is 32.7 Å². The lowest BCUT2D eigenvalue weighted by atomic mass is 9.71. The third-order valence-electron chi connectivity index (χ3n) is 5.00. The number of hydrogen-bond acceptors (Lipinski definition) is 4. The van der Waals surface area contributed by atoms with E-state index >= 15 is 0 Å². The highest BCUT2D eigenvalue weighted by atomic mass is 32.2. The third-order valence-corrected chi connectivity index (χ3v) is 6.32. The standard InChI is InChI=1S/C11H17N3S/c1-10(2)6-4-5-11(10,3)8-7(6)13-14-9(12)15-8/h6,8H,4-5H2,1-3H3,(H2,12,14)/t6-,8-,11-/m0/s1. The van der Waals surface area contributed by atoms with E-state index in [9.17, 15) is 0 Å². The summed E-state index contributed by atoms with van der Waals surface area (Å²) in [7, 11) is 0. The quantitative estimate of drug-likeness (QED) is 0.684. The fourth-order valence-electron chi connectivity index (χ4n) is 3.58. The van der Waals surface area contributed by atoms with Gasteiger partial charge in [-0.2, -0.15) is 5.10 Å². The molecule has 0 radical (unpaired) electrons. The number of nitrogens with zero attached hydrogens (tertiary/aromatic N) is 2. The Morgan fingerprint density at radius 3 is 2.80 bits per heavy atom. The molecular formula is C11H17N3S. The molecule has 0 amide bonds. The first-order chi connectivity index (χ1) is 6.97. The first-order valence-corrected chi connectivity index (χ1v) is 6.42. The molecule has 0 saturated heterocycles. The first-order valence-electron chi connectivity index (χ1n) is 5.54. The zero-order chi connectivity index (χ0) is 10.8. The van der Waals surface area contributed by atoms with Gasteiger partial charge in [0.05, 0.1) is 11.0 Å². The van der Waals surface area contributed by atoms with Crippen molar-refractivity contribution in [2.75, 3.05) is 0 Å². The maximum atomic E-state index is 5.78. The van der Waals surface area contributed by atoms with E-state index < -0.39 is 0 Å². The highest BCUT2D eigenvalue weighted by Gasteiger charge is 2.65. The second kappa shape index (κ2) is 2.59. The van der Waals surface area contributed by atoms with Crippen LogP contribution in [-0.2, 0) is 0 Å². The Hall–Kier alpha value is -0.510. The number of fused-ring (bicyclic) bond motifs is 5. The second-order valence-electron chi connectivity index (χ2n) is 5.69. The smallest absolute Gasteiger partial charge is 0.181 e. The molecule has 2 saturated carbocycles. The Labute approximate surface area is 94.6 Å². The van der Waals surface area contributed by atoms with Gasteiger partial charge in [-0.15, -0.1) is 5.10 Å². The molecule has 3 nitrogen and oxygen atoms in total. The molecule has 3 rings (SSSR count). The number of thioether (sulfide) groups is 1. The lowest BCUT2D eigenvalue weighted by molar-refractivity contribution is 0.157. The van der Waals surface area contributed by atoms with Gasteiger partial charge in [0, 0.05) is 5.92 Å². The predicted octanol–water partition coefficient (Wildman–Crippen LogP) is 2.23. The molecule has 1 heterocycles. The van der Waals surface area contributed by atoms with Crippen molar-refractivity contribution in [3.8, 4) is 0 Å². The van der Waals surface area contributed by atoms with Crippen LogP contribution < -0.4 is 5.73 Å². The Morgan fingerprint density at radius 1 is 1.33 bits per heavy atom. The van der Waals surface area contributed by atoms with Crippen LogP contribution in [0.5, 0.6) is 0 Å². The van der Waals surface area contributed by atoms with E-state index in [1.807, 2.05) is 0 Å². The molecule has 2 N–H and O–H groups in total. The SMILES string of the molecule is CC1(C)[C@H]2CC[C@@]1(C)[C@H]1SC(N)=NN=C21. The minimum absolute atomic E-state index is 0.349. The number of hydrogen-bond donors (Lipinski definition) is 1. The third kappa shape index (κ3) is 0.942. The summed E-state index contributed by atoms with van der Waals surface area (Å²) in [6.07, 6.45) is 2.57. The maximum Gasteiger partial charge on any atom is 0.181 e. The molecule has 3 aliphatic rings. The number of nitrogens with two attached hydrogens (primary N) is 1. The Kier molecular flexibility index (Phi) is 1.68. The van der Waals surface area contributed by atoms with Crippen molar-refractivity contribution in [3.63, 3.8) is 0 Å². The van der Waals surface area contributed by atoms with Gasteiger partial charge in [0.25, 0.3) is 0 Å². The van der Waals surface area contributed by atoms with Gasteiger partial charge < -0.3 is 5.73 Å². The van der Waals surface area contributed by atoms with Crippen LogP contribution in [0.2, 0.25) is 0 Å². The van der Waals surface area contributed by atoms with Crippen LogP contribution >= 0.6 is 11.8 Å². The summed E-state index contributed by atoms with van der Waals surface area (Å²) >= 11 is 1.72. The van der Waals surface area contributed by atoms with Gasteiger partial charge in [0.2, 0.25) is 0 Å². The lowest BCUT2D eigenvalue weighted by Gasteiger charge is -2.38. The maximum absolute atomic E-state index is 5.78. The van der Waals surface area contributed by atoms with Crippen LogP contribution in [-0.4, -0.2) is 16.1 Å². The topological polar surface area (TPSA) is 50.7 Å². The summed E-state index contributed by atoms with van der Waals surface area (Å²) in [6, 6.07) is 0. The van der Waals surface area contributed by atoms with Crippen molar-refractivity contribution in [2.45, 2.75) is 38.9 Å². The highest BCUT2D eigenvalue weighted by molar-refractivity contribution is 8.15. The number of amidine groups is 1. The molecule has 4 heteroatoms. The Bertz CT molecular complexity index is 385. The van der Waals surface area contributed by atoms with Gasteiger partial charge in [-0.1, -0.05) is 32.5 Å². The van der Waals surface area contributed by atoms with E-state index in [1.54, 1.807) is 11.8 Å². The molecule has 0 aromatic carbocycles. The van der Waals surface area contributed by atoms with Gasteiger partial charge in [-0.05, 0) is 23.7 Å². The fourth-order valence-corrected chi connectivity index (χ4v) is 4.93. The van der Waals surface area contributed by atoms with E-state index in [-0.39, 0.29) is 0 Å². The molecule has 0 spiro atoms. The van der Waals surface area contributed by atoms with Gasteiger partial charge in [-0.25, -0.2) is 0 Å². The summed E-state index contributed by atoms with van der Waals surface area (Å²) < 4.78 is 0. The van der Waals surface area contributed by atoms with Crippen molar-refractivity contribution in [1.82, 2.24) is 0 Å². The van der Waals surface area contributed by atoms with Gasteiger partial charge >= 0.3 is 0 Å². The van der Waals surface area contributed by atoms with E-state index in [0.29, 0.717) is 27.2 Å². The van der Waals surface area contributed by atoms with Crippen molar-refractivity contribution >= 4 is 22.6 Å². The first kappa shape index (κ1) is 9.70. The molecule has 1 aliphatic heterocycles. The van der Waals surface area contributed by atoms with Crippen molar-refractivity contribution in [3.05, 3.63) is 0 Å². The van der Waals surface area contributed by atoms with E-state index in [2.05, 4.69) is 31.0 Å². The molecule has 2 fully saturated rings. The van der Waals surface area contributed by atoms with Crippen LogP contribution in [0.25, 0.3) is 0 Å². The molecule has 15 heavy (non-hydrogen) atoms. The summed E-state index contributed by atoms with van der Waals surface area (Å²) in [4.78, 5) is 0. The Morgan fingerprint density at radius 2 is 2.07 bits per heavy atom. The molecule has 2 aliphatic carbocycles. The number of rotatable bonds is 0. The van der Waals surface area contributed by atoms with Gasteiger partial charge in [0.1, 0.15) is 0 Å². The van der Waals surface area contributed by atoms with Crippen LogP contribution in [0.4, 0.5) is 0 Å². The molecular weight excluding hydrogens is 206 g/mol. The lowest BCUT2D eigenvalue weighted by Crippen LogP contribution is -2.38. The van der Waals surface area contributed by atoms with Crippen molar-refractivity contribution < 1.29 is 0 Å². The largest absolute Gasteiger partial charge is 0.377 e. The zero-order valence-corrected chi connectivity index (χ0v) is 10.3. The van der Waals surface area contributed by atoms with Gasteiger partial charge in [-0.3, -0.25) is 0 Å².